The number of carboxylic acids is 1. The van der Waals surface area contributed by atoms with Crippen molar-refractivity contribution < 1.29 is 19.8 Å². The van der Waals surface area contributed by atoms with Gasteiger partial charge in [0, 0.05) is 6.04 Å². The van der Waals surface area contributed by atoms with Crippen LogP contribution >= 0.6 is 0 Å². The molecule has 0 aliphatic heterocycles. The minimum absolute atomic E-state index is 0.0312. The van der Waals surface area contributed by atoms with Crippen molar-refractivity contribution in [2.45, 2.75) is 25.8 Å². The average molecular weight is 264 g/mol. The molecule has 1 saturated carbocycles. The molecule has 102 valence electrons. The van der Waals surface area contributed by atoms with E-state index >= 15 is 0 Å². The van der Waals surface area contributed by atoms with E-state index in [0.717, 1.165) is 18.9 Å². The SMILES string of the molecule is CC1CC(NC(=O)Nc2ccc(C(=O)O)cc2O)C1. The number of aromatic carboxylic acids is 1. The molecule has 19 heavy (non-hydrogen) atoms. The fraction of sp³-hybridized carbons (Fsp3) is 0.385. The highest BCUT2D eigenvalue weighted by Crippen LogP contribution is 2.27. The van der Waals surface area contributed by atoms with Crippen LogP contribution < -0.4 is 10.6 Å². The molecule has 1 aliphatic rings. The average Bonchev–Trinajstić information content (AvgIpc) is 2.29. The van der Waals surface area contributed by atoms with Gasteiger partial charge in [-0.1, -0.05) is 6.92 Å². The van der Waals surface area contributed by atoms with Crippen LogP contribution in [0.1, 0.15) is 30.1 Å². The summed E-state index contributed by atoms with van der Waals surface area (Å²) in [7, 11) is 0. The molecule has 0 atom stereocenters. The van der Waals surface area contributed by atoms with Gasteiger partial charge in [-0.25, -0.2) is 9.59 Å². The molecule has 6 nitrogen and oxygen atoms in total. The van der Waals surface area contributed by atoms with Crippen LogP contribution in [0.3, 0.4) is 0 Å². The molecule has 6 heteroatoms. The predicted molar refractivity (Wildman–Crippen MR) is 69.4 cm³/mol. The topological polar surface area (TPSA) is 98.7 Å². The van der Waals surface area contributed by atoms with Crippen LogP contribution in [0.4, 0.5) is 10.5 Å². The van der Waals surface area contributed by atoms with Gasteiger partial charge in [-0.05, 0) is 37.0 Å². The number of carbonyl (C=O) groups excluding carboxylic acids is 1. The van der Waals surface area contributed by atoms with Gasteiger partial charge < -0.3 is 20.8 Å². The van der Waals surface area contributed by atoms with Gasteiger partial charge in [-0.15, -0.1) is 0 Å². The summed E-state index contributed by atoms with van der Waals surface area (Å²) in [6.07, 6.45) is 1.91. The van der Waals surface area contributed by atoms with E-state index in [4.69, 9.17) is 5.11 Å². The van der Waals surface area contributed by atoms with Crippen LogP contribution in [0.5, 0.6) is 5.75 Å². The molecule has 0 saturated heterocycles. The summed E-state index contributed by atoms with van der Waals surface area (Å²) >= 11 is 0. The van der Waals surface area contributed by atoms with Crippen molar-refractivity contribution >= 4 is 17.7 Å². The molecule has 4 N–H and O–H groups in total. The number of hydrogen-bond donors (Lipinski definition) is 4. The summed E-state index contributed by atoms with van der Waals surface area (Å²) in [6, 6.07) is 3.57. The number of hydrogen-bond acceptors (Lipinski definition) is 3. The number of amides is 2. The Morgan fingerprint density at radius 3 is 2.53 bits per heavy atom. The summed E-state index contributed by atoms with van der Waals surface area (Å²) < 4.78 is 0. The van der Waals surface area contributed by atoms with E-state index in [2.05, 4.69) is 17.6 Å². The second-order valence-corrected chi connectivity index (χ2v) is 4.91. The van der Waals surface area contributed by atoms with E-state index in [1.165, 1.54) is 12.1 Å². The zero-order valence-electron chi connectivity index (χ0n) is 10.5. The van der Waals surface area contributed by atoms with Gasteiger partial charge in [-0.2, -0.15) is 0 Å². The quantitative estimate of drug-likeness (QED) is 0.627. The highest BCUT2D eigenvalue weighted by atomic mass is 16.4. The number of rotatable bonds is 3. The molecule has 0 radical (unpaired) electrons. The molecule has 0 bridgehead atoms. The lowest BCUT2D eigenvalue weighted by atomic mass is 9.82. The number of anilines is 1. The maximum absolute atomic E-state index is 11.6. The van der Waals surface area contributed by atoms with Crippen LogP contribution in [0.25, 0.3) is 0 Å². The zero-order chi connectivity index (χ0) is 14.0. The van der Waals surface area contributed by atoms with Crippen LogP contribution in [0.15, 0.2) is 18.2 Å². The summed E-state index contributed by atoms with van der Waals surface area (Å²) in [5, 5.41) is 23.7. The third kappa shape index (κ3) is 3.15. The lowest BCUT2D eigenvalue weighted by Crippen LogP contribution is -2.45. The summed E-state index contributed by atoms with van der Waals surface area (Å²) in [4.78, 5) is 22.3. The van der Waals surface area contributed by atoms with Gasteiger partial charge >= 0.3 is 12.0 Å². The largest absolute Gasteiger partial charge is 0.506 e. The Labute approximate surface area is 110 Å². The van der Waals surface area contributed by atoms with Crippen molar-refractivity contribution in [3.63, 3.8) is 0 Å². The number of phenols is 1. The Kier molecular flexibility index (Phi) is 3.59. The van der Waals surface area contributed by atoms with Gasteiger partial charge in [0.1, 0.15) is 5.75 Å². The van der Waals surface area contributed by atoms with Crippen molar-refractivity contribution in [1.29, 1.82) is 0 Å². The Bertz CT molecular complexity index is 509. The number of carboxylic acid groups (broad SMARTS) is 1. The summed E-state index contributed by atoms with van der Waals surface area (Å²) in [5.41, 5.74) is 0.158. The van der Waals surface area contributed by atoms with Gasteiger partial charge in [0.25, 0.3) is 0 Å². The first-order valence-electron chi connectivity index (χ1n) is 6.09. The molecule has 1 aromatic carbocycles. The van der Waals surface area contributed by atoms with Crippen molar-refractivity contribution in [1.82, 2.24) is 5.32 Å². The minimum atomic E-state index is -1.13. The van der Waals surface area contributed by atoms with E-state index in [1.54, 1.807) is 0 Å². The second-order valence-electron chi connectivity index (χ2n) is 4.91. The maximum atomic E-state index is 11.6. The molecule has 0 heterocycles. The van der Waals surface area contributed by atoms with Crippen molar-refractivity contribution in [2.24, 2.45) is 5.92 Å². The third-order valence-electron chi connectivity index (χ3n) is 3.20. The van der Waals surface area contributed by atoms with E-state index in [1.807, 2.05) is 0 Å². The minimum Gasteiger partial charge on any atom is -0.506 e. The molecule has 1 fully saturated rings. The Hall–Kier alpha value is -2.24. The van der Waals surface area contributed by atoms with E-state index in [0.29, 0.717) is 5.92 Å². The third-order valence-corrected chi connectivity index (χ3v) is 3.20. The fourth-order valence-electron chi connectivity index (χ4n) is 2.13. The smallest absolute Gasteiger partial charge is 0.335 e. The summed E-state index contributed by atoms with van der Waals surface area (Å²) in [5.74, 6) is -0.764. The van der Waals surface area contributed by atoms with Crippen molar-refractivity contribution in [3.8, 4) is 5.75 Å². The van der Waals surface area contributed by atoms with Gasteiger partial charge in [0.05, 0.1) is 11.3 Å². The fourth-order valence-corrected chi connectivity index (χ4v) is 2.13. The normalized spacial score (nSPS) is 21.3. The molecule has 0 unspecified atom stereocenters. The first-order chi connectivity index (χ1) is 8.95. The van der Waals surface area contributed by atoms with Crippen molar-refractivity contribution in [3.05, 3.63) is 23.8 Å². The van der Waals surface area contributed by atoms with Crippen LogP contribution in [-0.4, -0.2) is 28.3 Å². The first kappa shape index (κ1) is 13.2. The molecular weight excluding hydrogens is 248 g/mol. The second kappa shape index (κ2) is 5.17. The van der Waals surface area contributed by atoms with Crippen LogP contribution in [0, 0.1) is 5.92 Å². The van der Waals surface area contributed by atoms with Crippen molar-refractivity contribution in [2.75, 3.05) is 5.32 Å². The highest BCUT2D eigenvalue weighted by Gasteiger charge is 2.26. The Morgan fingerprint density at radius 2 is 2.00 bits per heavy atom. The number of benzene rings is 1. The Balaban J connectivity index is 1.95. The molecule has 1 aliphatic carbocycles. The number of nitrogens with one attached hydrogen (secondary N) is 2. The highest BCUT2D eigenvalue weighted by molar-refractivity contribution is 5.93. The maximum Gasteiger partial charge on any atom is 0.335 e. The van der Waals surface area contributed by atoms with E-state index < -0.39 is 12.0 Å². The van der Waals surface area contributed by atoms with Gasteiger partial charge in [-0.3, -0.25) is 0 Å². The number of phenolic OH excluding ortho intramolecular Hbond substituents is 1. The number of urea groups is 1. The van der Waals surface area contributed by atoms with Crippen LogP contribution in [-0.2, 0) is 0 Å². The van der Waals surface area contributed by atoms with Gasteiger partial charge in [0.2, 0.25) is 0 Å². The first-order valence-corrected chi connectivity index (χ1v) is 6.09. The predicted octanol–water partition coefficient (Wildman–Crippen LogP) is 2.01. The standard InChI is InChI=1S/C13H16N2O4/c1-7-4-9(5-7)14-13(19)15-10-3-2-8(12(17)18)6-11(10)16/h2-3,6-7,9,16H,4-5H2,1H3,(H,17,18)(H2,14,15,19). The number of aromatic hydroxyl groups is 1. The molecular formula is C13H16N2O4. The molecule has 2 amide bonds. The summed E-state index contributed by atoms with van der Waals surface area (Å²) in [6.45, 7) is 2.12. The van der Waals surface area contributed by atoms with Crippen LogP contribution in [0.2, 0.25) is 0 Å². The van der Waals surface area contributed by atoms with E-state index in [9.17, 15) is 14.7 Å². The lowest BCUT2D eigenvalue weighted by molar-refractivity contribution is 0.0696. The lowest BCUT2D eigenvalue weighted by Gasteiger charge is -2.33. The number of carbonyl (C=O) groups is 2. The van der Waals surface area contributed by atoms with E-state index in [-0.39, 0.29) is 23.0 Å². The zero-order valence-corrected chi connectivity index (χ0v) is 10.5. The molecule has 1 aromatic rings. The van der Waals surface area contributed by atoms with Gasteiger partial charge in [0.15, 0.2) is 0 Å². The monoisotopic (exact) mass is 264 g/mol. The molecule has 0 spiro atoms. The Morgan fingerprint density at radius 1 is 1.32 bits per heavy atom. The molecule has 0 aromatic heterocycles. The molecule has 2 rings (SSSR count).